The summed E-state index contributed by atoms with van der Waals surface area (Å²) in [6.07, 6.45) is 2.98. The summed E-state index contributed by atoms with van der Waals surface area (Å²) in [5.41, 5.74) is 1.14. The maximum absolute atomic E-state index is 10.9. The molecule has 1 unspecified atom stereocenters. The van der Waals surface area contributed by atoms with Gasteiger partial charge in [0, 0.05) is 13.0 Å². The number of rotatable bonds is 10. The second-order valence-electron chi connectivity index (χ2n) is 4.80. The van der Waals surface area contributed by atoms with Gasteiger partial charge in [0.2, 0.25) is 0 Å². The zero-order chi connectivity index (χ0) is 14.6. The van der Waals surface area contributed by atoms with Crippen LogP contribution < -0.4 is 0 Å². The lowest BCUT2D eigenvalue weighted by Gasteiger charge is -2.10. The third-order valence-electron chi connectivity index (χ3n) is 3.10. The number of hydrogen-bond acceptors (Lipinski definition) is 4. The summed E-state index contributed by atoms with van der Waals surface area (Å²) in [6.45, 7) is 1.13. The van der Waals surface area contributed by atoms with Crippen molar-refractivity contribution in [3.63, 3.8) is 0 Å². The lowest BCUT2D eigenvalue weighted by atomic mass is 10.1. The number of aliphatic hydroxyl groups is 1. The molecule has 0 bridgehead atoms. The van der Waals surface area contributed by atoms with Crippen LogP contribution >= 0.6 is 0 Å². The molecule has 1 N–H and O–H groups in total. The van der Waals surface area contributed by atoms with Crippen molar-refractivity contribution < 1.29 is 19.4 Å². The number of methoxy groups -OCH3 is 1. The van der Waals surface area contributed by atoms with Crippen LogP contribution in [0.4, 0.5) is 0 Å². The lowest BCUT2D eigenvalue weighted by Crippen LogP contribution is -2.11. The maximum Gasteiger partial charge on any atom is 0.305 e. The molecule has 0 radical (unpaired) electrons. The molecule has 4 nitrogen and oxygen atoms in total. The third-order valence-corrected chi connectivity index (χ3v) is 3.10. The van der Waals surface area contributed by atoms with Crippen molar-refractivity contribution in [1.82, 2.24) is 0 Å². The fourth-order valence-corrected chi connectivity index (χ4v) is 1.88. The zero-order valence-electron chi connectivity index (χ0n) is 12.1. The first-order chi connectivity index (χ1) is 9.72. The second kappa shape index (κ2) is 10.4. The van der Waals surface area contributed by atoms with Gasteiger partial charge in [-0.15, -0.1) is 0 Å². The van der Waals surface area contributed by atoms with Crippen LogP contribution in [0.3, 0.4) is 0 Å². The van der Waals surface area contributed by atoms with Crippen LogP contribution in [-0.2, 0) is 20.9 Å². The molecule has 0 aliphatic rings. The third kappa shape index (κ3) is 7.92. The average Bonchev–Trinajstić information content (AvgIpc) is 2.49. The number of benzene rings is 1. The van der Waals surface area contributed by atoms with Gasteiger partial charge in [-0.1, -0.05) is 36.8 Å². The molecule has 112 valence electrons. The molecule has 1 aromatic carbocycles. The number of carbonyl (C=O) groups is 1. The minimum atomic E-state index is -0.358. The molecule has 0 fully saturated rings. The number of carbonyl (C=O) groups excluding carboxylic acids is 1. The van der Waals surface area contributed by atoms with Crippen molar-refractivity contribution >= 4 is 5.97 Å². The Morgan fingerprint density at radius 1 is 1.20 bits per heavy atom. The van der Waals surface area contributed by atoms with Crippen LogP contribution in [0.2, 0.25) is 0 Å². The Labute approximate surface area is 120 Å². The summed E-state index contributed by atoms with van der Waals surface area (Å²) in [6, 6.07) is 9.97. The van der Waals surface area contributed by atoms with Crippen molar-refractivity contribution in [2.45, 2.75) is 44.8 Å². The fraction of sp³-hybridized carbons (Fsp3) is 0.562. The van der Waals surface area contributed by atoms with Crippen molar-refractivity contribution in [3.8, 4) is 0 Å². The highest BCUT2D eigenvalue weighted by Gasteiger charge is 2.05. The van der Waals surface area contributed by atoms with Crippen LogP contribution in [-0.4, -0.2) is 30.9 Å². The highest BCUT2D eigenvalue weighted by Crippen LogP contribution is 2.08. The highest BCUT2D eigenvalue weighted by atomic mass is 16.5. The van der Waals surface area contributed by atoms with E-state index in [0.717, 1.165) is 18.4 Å². The fourth-order valence-electron chi connectivity index (χ4n) is 1.88. The van der Waals surface area contributed by atoms with Gasteiger partial charge in [-0.25, -0.2) is 0 Å². The van der Waals surface area contributed by atoms with E-state index < -0.39 is 0 Å². The molecular weight excluding hydrogens is 256 g/mol. The standard InChI is InChI=1S/C16H24O4/c1-19-16(18)10-6-5-9-15(17)11-12-20-13-14-7-3-2-4-8-14/h2-4,7-8,15,17H,5-6,9-13H2,1H3. The maximum atomic E-state index is 10.9. The molecule has 0 saturated carbocycles. The van der Waals surface area contributed by atoms with E-state index in [1.54, 1.807) is 0 Å². The Hall–Kier alpha value is -1.39. The first-order valence-corrected chi connectivity index (χ1v) is 7.09. The summed E-state index contributed by atoms with van der Waals surface area (Å²) >= 11 is 0. The Morgan fingerprint density at radius 3 is 2.65 bits per heavy atom. The Kier molecular flexibility index (Phi) is 8.67. The Balaban J connectivity index is 1.97. The first kappa shape index (κ1) is 16.7. The second-order valence-corrected chi connectivity index (χ2v) is 4.80. The molecular formula is C16H24O4. The van der Waals surface area contributed by atoms with E-state index in [1.807, 2.05) is 30.3 Å². The van der Waals surface area contributed by atoms with E-state index in [2.05, 4.69) is 4.74 Å². The lowest BCUT2D eigenvalue weighted by molar-refractivity contribution is -0.140. The molecule has 1 rings (SSSR count). The van der Waals surface area contributed by atoms with Crippen LogP contribution in [0.5, 0.6) is 0 Å². The molecule has 0 heterocycles. The quantitative estimate of drug-likeness (QED) is 0.529. The predicted octanol–water partition coefficient (Wildman–Crippen LogP) is 2.69. The molecule has 0 aliphatic heterocycles. The normalized spacial score (nSPS) is 12.1. The smallest absolute Gasteiger partial charge is 0.305 e. The molecule has 0 spiro atoms. The van der Waals surface area contributed by atoms with Crippen molar-refractivity contribution in [2.75, 3.05) is 13.7 Å². The van der Waals surface area contributed by atoms with Gasteiger partial charge >= 0.3 is 5.97 Å². The minimum Gasteiger partial charge on any atom is -0.469 e. The van der Waals surface area contributed by atoms with Crippen LogP contribution in [0, 0.1) is 0 Å². The van der Waals surface area contributed by atoms with Crippen molar-refractivity contribution in [3.05, 3.63) is 35.9 Å². The number of aliphatic hydroxyl groups excluding tert-OH is 1. The Bertz CT molecular complexity index is 364. The molecule has 4 heteroatoms. The van der Waals surface area contributed by atoms with Crippen molar-refractivity contribution in [1.29, 1.82) is 0 Å². The number of esters is 1. The van der Waals surface area contributed by atoms with Gasteiger partial charge in [-0.3, -0.25) is 4.79 Å². The highest BCUT2D eigenvalue weighted by molar-refractivity contribution is 5.68. The van der Waals surface area contributed by atoms with Gasteiger partial charge in [0.25, 0.3) is 0 Å². The number of ether oxygens (including phenoxy) is 2. The van der Waals surface area contributed by atoms with Crippen LogP contribution in [0.15, 0.2) is 30.3 Å². The SMILES string of the molecule is COC(=O)CCCCC(O)CCOCc1ccccc1. The number of unbranched alkanes of at least 4 members (excludes halogenated alkanes) is 1. The van der Waals surface area contributed by atoms with Crippen LogP contribution in [0.1, 0.15) is 37.7 Å². The van der Waals surface area contributed by atoms with Crippen LogP contribution in [0.25, 0.3) is 0 Å². The van der Waals surface area contributed by atoms with Gasteiger partial charge in [0.05, 0.1) is 19.8 Å². The van der Waals surface area contributed by atoms with Gasteiger partial charge in [0.15, 0.2) is 0 Å². The zero-order valence-corrected chi connectivity index (χ0v) is 12.1. The van der Waals surface area contributed by atoms with Gasteiger partial charge in [-0.2, -0.15) is 0 Å². The topological polar surface area (TPSA) is 55.8 Å². The predicted molar refractivity (Wildman–Crippen MR) is 77.2 cm³/mol. The van der Waals surface area contributed by atoms with Gasteiger partial charge in [0.1, 0.15) is 0 Å². The van der Waals surface area contributed by atoms with Gasteiger partial charge < -0.3 is 14.6 Å². The molecule has 0 amide bonds. The summed E-state index contributed by atoms with van der Waals surface area (Å²) in [5.74, 6) is -0.189. The van der Waals surface area contributed by atoms with E-state index in [1.165, 1.54) is 7.11 Å². The van der Waals surface area contributed by atoms with E-state index in [-0.39, 0.29) is 12.1 Å². The first-order valence-electron chi connectivity index (χ1n) is 7.09. The summed E-state index contributed by atoms with van der Waals surface area (Å²) in [4.78, 5) is 10.9. The summed E-state index contributed by atoms with van der Waals surface area (Å²) in [7, 11) is 1.39. The Morgan fingerprint density at radius 2 is 1.95 bits per heavy atom. The largest absolute Gasteiger partial charge is 0.469 e. The molecule has 0 aliphatic carbocycles. The summed E-state index contributed by atoms with van der Waals surface area (Å²) in [5, 5.41) is 9.77. The van der Waals surface area contributed by atoms with E-state index in [0.29, 0.717) is 32.5 Å². The molecule has 0 saturated heterocycles. The minimum absolute atomic E-state index is 0.189. The van der Waals surface area contributed by atoms with E-state index in [9.17, 15) is 9.90 Å². The molecule has 1 atom stereocenters. The van der Waals surface area contributed by atoms with Crippen molar-refractivity contribution in [2.24, 2.45) is 0 Å². The molecule has 20 heavy (non-hydrogen) atoms. The monoisotopic (exact) mass is 280 g/mol. The molecule has 1 aromatic rings. The molecule has 0 aromatic heterocycles. The number of hydrogen-bond donors (Lipinski definition) is 1. The van der Waals surface area contributed by atoms with E-state index in [4.69, 9.17) is 4.74 Å². The average molecular weight is 280 g/mol. The van der Waals surface area contributed by atoms with Gasteiger partial charge in [-0.05, 0) is 24.8 Å². The van der Waals surface area contributed by atoms with E-state index >= 15 is 0 Å². The summed E-state index contributed by atoms with van der Waals surface area (Å²) < 4.78 is 10.1.